The maximum absolute atomic E-state index is 13.5. The molecule has 2 aromatic carbocycles. The van der Waals surface area contributed by atoms with Gasteiger partial charge in [-0.3, -0.25) is 14.5 Å². The zero-order valence-corrected chi connectivity index (χ0v) is 18.2. The minimum Gasteiger partial charge on any atom is -0.338 e. The lowest BCUT2D eigenvalue weighted by Gasteiger charge is -2.36. The minimum atomic E-state index is -0.891. The first-order valence-electron chi connectivity index (χ1n) is 11.1. The molecule has 0 radical (unpaired) electrons. The van der Waals surface area contributed by atoms with Gasteiger partial charge in [-0.05, 0) is 49.1 Å². The topological polar surface area (TPSA) is 107 Å². The van der Waals surface area contributed by atoms with Crippen molar-refractivity contribution in [2.24, 2.45) is 5.92 Å². The van der Waals surface area contributed by atoms with Crippen molar-refractivity contribution in [1.29, 1.82) is 0 Å². The van der Waals surface area contributed by atoms with Crippen molar-refractivity contribution in [3.63, 3.8) is 0 Å². The number of benzene rings is 2. The van der Waals surface area contributed by atoms with E-state index in [1.165, 1.54) is 12.1 Å². The van der Waals surface area contributed by atoms with Gasteiger partial charge in [0.2, 0.25) is 5.91 Å². The highest BCUT2D eigenvalue weighted by molar-refractivity contribution is 6.10. The van der Waals surface area contributed by atoms with E-state index in [9.17, 15) is 18.8 Å². The first kappa shape index (κ1) is 21.1. The number of hydrogen-bond acceptors (Lipinski definition) is 4. The zero-order valence-electron chi connectivity index (χ0n) is 18.2. The number of urea groups is 1. The molecule has 2 unspecified atom stereocenters. The number of imidazole rings is 1. The maximum Gasteiger partial charge on any atom is 0.325 e. The van der Waals surface area contributed by atoms with Gasteiger partial charge in [0.25, 0.3) is 5.91 Å². The highest BCUT2D eigenvalue weighted by Gasteiger charge is 2.55. The normalized spacial score (nSPS) is 22.7. The Labute approximate surface area is 189 Å². The van der Waals surface area contributed by atoms with Crippen molar-refractivity contribution in [2.45, 2.75) is 38.1 Å². The van der Waals surface area contributed by atoms with Crippen molar-refractivity contribution >= 4 is 34.6 Å². The summed E-state index contributed by atoms with van der Waals surface area (Å²) in [5, 5.41) is 5.59. The molecular formula is C24H24FN5O3. The molecule has 1 aliphatic heterocycles. The molecular weight excluding hydrogens is 425 g/mol. The van der Waals surface area contributed by atoms with E-state index in [0.29, 0.717) is 34.5 Å². The van der Waals surface area contributed by atoms with Gasteiger partial charge in [-0.1, -0.05) is 31.9 Å². The number of aromatic nitrogens is 2. The van der Waals surface area contributed by atoms with Crippen LogP contribution in [0.2, 0.25) is 0 Å². The van der Waals surface area contributed by atoms with E-state index >= 15 is 0 Å². The van der Waals surface area contributed by atoms with E-state index in [1.54, 1.807) is 30.3 Å². The summed E-state index contributed by atoms with van der Waals surface area (Å²) in [5.41, 5.74) is 1.54. The van der Waals surface area contributed by atoms with Crippen LogP contribution in [0.25, 0.3) is 22.4 Å². The van der Waals surface area contributed by atoms with Gasteiger partial charge in [0.15, 0.2) is 0 Å². The molecule has 170 valence electrons. The van der Waals surface area contributed by atoms with Crippen LogP contribution in [0.3, 0.4) is 0 Å². The number of nitrogens with one attached hydrogen (secondary N) is 3. The first-order valence-corrected chi connectivity index (χ1v) is 11.1. The number of amides is 4. The lowest BCUT2D eigenvalue weighted by molar-refractivity contribution is -0.136. The second kappa shape index (κ2) is 7.99. The largest absolute Gasteiger partial charge is 0.338 e. The summed E-state index contributed by atoms with van der Waals surface area (Å²) in [5.74, 6) is -0.599. The van der Waals surface area contributed by atoms with Crippen molar-refractivity contribution < 1.29 is 18.8 Å². The first-order chi connectivity index (χ1) is 15.9. The maximum atomic E-state index is 13.5. The smallest absolute Gasteiger partial charge is 0.325 e. The number of carbonyl (C=O) groups excluding carboxylic acids is 3. The van der Waals surface area contributed by atoms with Crippen LogP contribution >= 0.6 is 0 Å². The molecule has 2 atom stereocenters. The summed E-state index contributed by atoms with van der Waals surface area (Å²) in [6.45, 7) is 1.62. The molecule has 3 N–H and O–H groups in total. The van der Waals surface area contributed by atoms with Crippen LogP contribution in [-0.2, 0) is 9.59 Å². The number of rotatable bonds is 4. The molecule has 2 aliphatic rings. The van der Waals surface area contributed by atoms with Gasteiger partial charge in [-0.15, -0.1) is 0 Å². The van der Waals surface area contributed by atoms with Gasteiger partial charge < -0.3 is 15.6 Å². The summed E-state index contributed by atoms with van der Waals surface area (Å²) in [6, 6.07) is 10.7. The van der Waals surface area contributed by atoms with E-state index in [0.717, 1.165) is 24.2 Å². The highest BCUT2D eigenvalue weighted by Crippen LogP contribution is 2.38. The molecule has 9 heteroatoms. The molecule has 2 heterocycles. The predicted octanol–water partition coefficient (Wildman–Crippen LogP) is 3.81. The molecule has 1 aromatic heterocycles. The third kappa shape index (κ3) is 3.73. The number of hydrogen-bond donors (Lipinski definition) is 3. The molecule has 8 nitrogen and oxygen atoms in total. The van der Waals surface area contributed by atoms with E-state index < -0.39 is 17.5 Å². The molecule has 4 amide bonds. The summed E-state index contributed by atoms with van der Waals surface area (Å²) in [4.78, 5) is 46.8. The summed E-state index contributed by atoms with van der Waals surface area (Å²) >= 11 is 0. The molecule has 3 aromatic rings. The lowest BCUT2D eigenvalue weighted by Crippen LogP contribution is -2.54. The Bertz CT molecular complexity index is 1270. The standard InChI is InChI=1S/C24H24FN5O3/c1-14-5-2-3-10-24(14)22(32)30(23(33)29-24)13-20(31)26-17-8-9-18-19(12-17)28-21(27-18)15-6-4-7-16(25)11-15/h4,6-9,11-12,14H,2-3,5,10,13H2,1H3,(H,26,31)(H,27,28)(H,29,33). The van der Waals surface area contributed by atoms with Crippen LogP contribution in [0.1, 0.15) is 32.6 Å². The van der Waals surface area contributed by atoms with Crippen molar-refractivity contribution in [3.05, 3.63) is 48.3 Å². The quantitative estimate of drug-likeness (QED) is 0.527. The van der Waals surface area contributed by atoms with Crippen LogP contribution in [0.4, 0.5) is 14.9 Å². The molecule has 1 aliphatic carbocycles. The number of anilines is 1. The van der Waals surface area contributed by atoms with Crippen LogP contribution < -0.4 is 10.6 Å². The molecule has 1 spiro atoms. The number of imide groups is 1. The number of H-pyrrole nitrogens is 1. The minimum absolute atomic E-state index is 0.0332. The van der Waals surface area contributed by atoms with Gasteiger partial charge in [0, 0.05) is 11.3 Å². The molecule has 5 rings (SSSR count). The van der Waals surface area contributed by atoms with E-state index in [4.69, 9.17) is 0 Å². The Morgan fingerprint density at radius 2 is 2.09 bits per heavy atom. The van der Waals surface area contributed by atoms with Crippen LogP contribution in [0, 0.1) is 11.7 Å². The number of carbonyl (C=O) groups is 3. The Balaban J connectivity index is 1.30. The number of halogens is 1. The Morgan fingerprint density at radius 1 is 1.24 bits per heavy atom. The summed E-state index contributed by atoms with van der Waals surface area (Å²) < 4.78 is 13.5. The fourth-order valence-corrected chi connectivity index (χ4v) is 4.84. The molecule has 1 saturated carbocycles. The van der Waals surface area contributed by atoms with Gasteiger partial charge in [-0.2, -0.15) is 0 Å². The van der Waals surface area contributed by atoms with E-state index in [-0.39, 0.29) is 24.2 Å². The average molecular weight is 449 g/mol. The van der Waals surface area contributed by atoms with Gasteiger partial charge >= 0.3 is 6.03 Å². The van der Waals surface area contributed by atoms with Gasteiger partial charge in [-0.25, -0.2) is 14.2 Å². The molecule has 1 saturated heterocycles. The number of nitrogens with zero attached hydrogens (tertiary/aromatic N) is 2. The fourth-order valence-electron chi connectivity index (χ4n) is 4.84. The predicted molar refractivity (Wildman–Crippen MR) is 121 cm³/mol. The van der Waals surface area contributed by atoms with Crippen LogP contribution in [0.5, 0.6) is 0 Å². The lowest BCUT2D eigenvalue weighted by atomic mass is 9.73. The number of fused-ring (bicyclic) bond motifs is 1. The summed E-state index contributed by atoms with van der Waals surface area (Å²) in [6.07, 6.45) is 3.37. The monoisotopic (exact) mass is 449 g/mol. The van der Waals surface area contributed by atoms with E-state index in [1.807, 2.05) is 6.92 Å². The second-order valence-electron chi connectivity index (χ2n) is 8.82. The Morgan fingerprint density at radius 3 is 2.88 bits per heavy atom. The average Bonchev–Trinajstić information content (AvgIpc) is 3.31. The second-order valence-corrected chi connectivity index (χ2v) is 8.82. The third-order valence-electron chi connectivity index (χ3n) is 6.67. The third-order valence-corrected chi connectivity index (χ3v) is 6.67. The number of aromatic amines is 1. The summed E-state index contributed by atoms with van der Waals surface area (Å²) in [7, 11) is 0. The zero-order chi connectivity index (χ0) is 23.2. The van der Waals surface area contributed by atoms with Gasteiger partial charge in [0.1, 0.15) is 23.7 Å². The SMILES string of the molecule is CC1CCCCC12NC(=O)N(CC(=O)Nc1ccc3nc(-c4cccc(F)c4)[nH]c3c1)C2=O. The highest BCUT2D eigenvalue weighted by atomic mass is 19.1. The fraction of sp³-hybridized carbons (Fsp3) is 0.333. The van der Waals surface area contributed by atoms with Gasteiger partial charge in [0.05, 0.1) is 11.0 Å². The van der Waals surface area contributed by atoms with Crippen molar-refractivity contribution in [1.82, 2.24) is 20.2 Å². The molecule has 2 fully saturated rings. The van der Waals surface area contributed by atoms with Crippen LogP contribution in [-0.4, -0.2) is 44.8 Å². The van der Waals surface area contributed by atoms with E-state index in [2.05, 4.69) is 20.6 Å². The molecule has 0 bridgehead atoms. The van der Waals surface area contributed by atoms with Crippen molar-refractivity contribution in [3.8, 4) is 11.4 Å². The Kier molecular flexibility index (Phi) is 5.11. The van der Waals surface area contributed by atoms with Crippen molar-refractivity contribution in [2.75, 3.05) is 11.9 Å². The Hall–Kier alpha value is -3.75. The molecule has 33 heavy (non-hydrogen) atoms. The van der Waals surface area contributed by atoms with Crippen LogP contribution in [0.15, 0.2) is 42.5 Å².